The van der Waals surface area contributed by atoms with Crippen LogP contribution in [0, 0.1) is 5.92 Å². The first-order valence-electron chi connectivity index (χ1n) is 8.65. The Morgan fingerprint density at radius 1 is 1.08 bits per heavy atom. The summed E-state index contributed by atoms with van der Waals surface area (Å²) in [5.74, 6) is -0.354. The van der Waals surface area contributed by atoms with E-state index < -0.39 is 6.04 Å². The molecule has 0 saturated carbocycles. The van der Waals surface area contributed by atoms with Gasteiger partial charge in [-0.25, -0.2) is 0 Å². The van der Waals surface area contributed by atoms with Gasteiger partial charge in [-0.1, -0.05) is 26.0 Å². The summed E-state index contributed by atoms with van der Waals surface area (Å²) >= 11 is 0. The van der Waals surface area contributed by atoms with Crippen LogP contribution in [0.4, 0.5) is 5.69 Å². The number of nitrogens with one attached hydrogen (secondary N) is 1. The molecule has 0 aliphatic heterocycles. The molecule has 0 radical (unpaired) electrons. The van der Waals surface area contributed by atoms with Crippen LogP contribution in [0.5, 0.6) is 0 Å². The second kappa shape index (κ2) is 8.56. The molecule has 1 heterocycles. The van der Waals surface area contributed by atoms with E-state index in [9.17, 15) is 9.59 Å². The van der Waals surface area contributed by atoms with Crippen LogP contribution in [0.15, 0.2) is 47.1 Å². The third-order valence-corrected chi connectivity index (χ3v) is 4.21. The lowest BCUT2D eigenvalue weighted by Gasteiger charge is -2.27. The topological polar surface area (TPSA) is 65.8 Å². The maximum absolute atomic E-state index is 12.8. The summed E-state index contributed by atoms with van der Waals surface area (Å²) in [5.41, 5.74) is 2.14. The van der Waals surface area contributed by atoms with Gasteiger partial charge < -0.3 is 19.5 Å². The van der Waals surface area contributed by atoms with Crippen LogP contribution in [-0.4, -0.2) is 43.9 Å². The molecule has 2 rings (SSSR count). The minimum atomic E-state index is -0.612. The van der Waals surface area contributed by atoms with E-state index in [2.05, 4.69) is 5.32 Å². The van der Waals surface area contributed by atoms with Crippen molar-refractivity contribution in [2.75, 3.05) is 26.0 Å². The highest BCUT2D eigenvalue weighted by atomic mass is 16.3. The lowest BCUT2D eigenvalue weighted by Crippen LogP contribution is -2.49. The fourth-order valence-corrected chi connectivity index (χ4v) is 2.62. The number of likely N-dealkylation sites (N-methyl/N-ethyl adjacent to an activating group) is 1. The first-order valence-corrected chi connectivity index (χ1v) is 8.65. The van der Waals surface area contributed by atoms with Gasteiger partial charge in [-0.2, -0.15) is 0 Å². The number of carbonyl (C=O) groups excluding carboxylic acids is 2. The van der Waals surface area contributed by atoms with E-state index in [4.69, 9.17) is 4.42 Å². The van der Waals surface area contributed by atoms with E-state index in [1.165, 1.54) is 6.26 Å². The fraction of sp³-hybridized carbons (Fsp3) is 0.400. The van der Waals surface area contributed by atoms with Crippen molar-refractivity contribution in [3.05, 3.63) is 54.0 Å². The number of benzene rings is 1. The summed E-state index contributed by atoms with van der Waals surface area (Å²) in [5, 5.41) is 2.78. The van der Waals surface area contributed by atoms with E-state index in [0.29, 0.717) is 6.54 Å². The summed E-state index contributed by atoms with van der Waals surface area (Å²) in [4.78, 5) is 28.7. The molecular weight excluding hydrogens is 330 g/mol. The van der Waals surface area contributed by atoms with Crippen molar-refractivity contribution in [1.82, 2.24) is 10.2 Å². The van der Waals surface area contributed by atoms with Crippen molar-refractivity contribution in [3.63, 3.8) is 0 Å². The molecule has 1 atom stereocenters. The van der Waals surface area contributed by atoms with Gasteiger partial charge in [-0.3, -0.25) is 9.59 Å². The summed E-state index contributed by atoms with van der Waals surface area (Å²) in [7, 11) is 5.72. The van der Waals surface area contributed by atoms with Gasteiger partial charge in [0.1, 0.15) is 6.04 Å². The van der Waals surface area contributed by atoms with Gasteiger partial charge in [0.25, 0.3) is 5.91 Å². The lowest BCUT2D eigenvalue weighted by atomic mass is 10.0. The van der Waals surface area contributed by atoms with Crippen molar-refractivity contribution in [1.29, 1.82) is 0 Å². The maximum Gasteiger partial charge on any atom is 0.287 e. The minimum absolute atomic E-state index is 0.0417. The molecule has 26 heavy (non-hydrogen) atoms. The highest BCUT2D eigenvalue weighted by molar-refractivity contribution is 5.95. The Balaban J connectivity index is 2.04. The van der Waals surface area contributed by atoms with E-state index in [-0.39, 0.29) is 23.5 Å². The Morgan fingerprint density at radius 2 is 1.73 bits per heavy atom. The molecule has 0 aliphatic rings. The van der Waals surface area contributed by atoms with Crippen LogP contribution in [0.25, 0.3) is 0 Å². The van der Waals surface area contributed by atoms with Gasteiger partial charge in [-0.05, 0) is 35.7 Å². The van der Waals surface area contributed by atoms with Crippen molar-refractivity contribution in [3.8, 4) is 0 Å². The average molecular weight is 357 g/mol. The summed E-state index contributed by atoms with van der Waals surface area (Å²) < 4.78 is 5.10. The predicted octanol–water partition coefficient (Wildman–Crippen LogP) is 2.76. The molecule has 1 N–H and O–H groups in total. The quantitative estimate of drug-likeness (QED) is 0.827. The monoisotopic (exact) mass is 357 g/mol. The number of anilines is 1. The summed E-state index contributed by atoms with van der Waals surface area (Å²) in [6, 6.07) is 10.7. The second-order valence-electron chi connectivity index (χ2n) is 6.93. The third kappa shape index (κ3) is 4.88. The van der Waals surface area contributed by atoms with E-state index >= 15 is 0 Å². The molecule has 2 aromatic rings. The fourth-order valence-electron chi connectivity index (χ4n) is 2.62. The number of amides is 2. The van der Waals surface area contributed by atoms with Crippen molar-refractivity contribution in [2.24, 2.45) is 5.92 Å². The molecular formula is C20H27N3O3. The first-order chi connectivity index (χ1) is 12.3. The summed E-state index contributed by atoms with van der Waals surface area (Å²) in [6.45, 7) is 4.29. The van der Waals surface area contributed by atoms with E-state index in [1.807, 2.05) is 57.1 Å². The van der Waals surface area contributed by atoms with Gasteiger partial charge in [-0.15, -0.1) is 0 Å². The van der Waals surface area contributed by atoms with Gasteiger partial charge in [0.2, 0.25) is 5.91 Å². The number of hydrogen-bond donors (Lipinski definition) is 1. The number of nitrogens with zero attached hydrogens (tertiary/aromatic N) is 2. The Morgan fingerprint density at radius 3 is 2.23 bits per heavy atom. The molecule has 6 heteroatoms. The largest absolute Gasteiger partial charge is 0.459 e. The number of hydrogen-bond acceptors (Lipinski definition) is 4. The van der Waals surface area contributed by atoms with E-state index in [1.54, 1.807) is 24.1 Å². The van der Waals surface area contributed by atoms with Crippen LogP contribution < -0.4 is 10.2 Å². The van der Waals surface area contributed by atoms with Crippen LogP contribution >= 0.6 is 0 Å². The smallest absolute Gasteiger partial charge is 0.287 e. The predicted molar refractivity (Wildman–Crippen MR) is 102 cm³/mol. The molecule has 2 amide bonds. The first kappa shape index (κ1) is 19.6. The van der Waals surface area contributed by atoms with Crippen molar-refractivity contribution < 1.29 is 14.0 Å². The maximum atomic E-state index is 12.8. The molecule has 0 saturated heterocycles. The zero-order chi connectivity index (χ0) is 19.3. The zero-order valence-electron chi connectivity index (χ0n) is 16.0. The molecule has 0 unspecified atom stereocenters. The van der Waals surface area contributed by atoms with Gasteiger partial charge in [0.15, 0.2) is 5.76 Å². The second-order valence-corrected chi connectivity index (χ2v) is 6.93. The standard InChI is InChI=1S/C20H27N3O3/c1-14(2)18(21-19(24)17-7-6-12-26-17)20(25)23(5)13-15-8-10-16(11-9-15)22(3)4/h6-12,14,18H,13H2,1-5H3,(H,21,24)/t18-/m0/s1. The van der Waals surface area contributed by atoms with Crippen LogP contribution in [0.3, 0.4) is 0 Å². The Kier molecular flexibility index (Phi) is 6.44. The van der Waals surface area contributed by atoms with Gasteiger partial charge in [0.05, 0.1) is 6.26 Å². The van der Waals surface area contributed by atoms with Gasteiger partial charge in [0, 0.05) is 33.4 Å². The van der Waals surface area contributed by atoms with Crippen LogP contribution in [0.2, 0.25) is 0 Å². The number of carbonyl (C=O) groups is 2. The highest BCUT2D eigenvalue weighted by Gasteiger charge is 2.28. The molecule has 0 spiro atoms. The Hall–Kier alpha value is -2.76. The normalized spacial score (nSPS) is 11.9. The summed E-state index contributed by atoms with van der Waals surface area (Å²) in [6.07, 6.45) is 1.44. The van der Waals surface area contributed by atoms with Crippen molar-refractivity contribution in [2.45, 2.75) is 26.4 Å². The van der Waals surface area contributed by atoms with Crippen LogP contribution in [0.1, 0.15) is 30.0 Å². The Labute approximate surface area is 154 Å². The average Bonchev–Trinajstić information content (AvgIpc) is 3.13. The zero-order valence-corrected chi connectivity index (χ0v) is 16.0. The Bertz CT molecular complexity index is 721. The molecule has 0 aliphatic carbocycles. The molecule has 1 aromatic heterocycles. The molecule has 1 aromatic carbocycles. The highest BCUT2D eigenvalue weighted by Crippen LogP contribution is 2.15. The third-order valence-electron chi connectivity index (χ3n) is 4.21. The lowest BCUT2D eigenvalue weighted by molar-refractivity contribution is -0.133. The number of furan rings is 1. The minimum Gasteiger partial charge on any atom is -0.459 e. The molecule has 0 bridgehead atoms. The van der Waals surface area contributed by atoms with Crippen LogP contribution in [-0.2, 0) is 11.3 Å². The molecule has 0 fully saturated rings. The molecule has 140 valence electrons. The van der Waals surface area contributed by atoms with E-state index in [0.717, 1.165) is 11.3 Å². The van der Waals surface area contributed by atoms with Crippen molar-refractivity contribution >= 4 is 17.5 Å². The SMILES string of the molecule is CC(C)[C@H](NC(=O)c1ccco1)C(=O)N(C)Cc1ccc(N(C)C)cc1. The molecule has 6 nitrogen and oxygen atoms in total. The van der Waals surface area contributed by atoms with Gasteiger partial charge >= 0.3 is 0 Å². The number of rotatable bonds is 7.